The highest BCUT2D eigenvalue weighted by molar-refractivity contribution is 5.93. The van der Waals surface area contributed by atoms with Gasteiger partial charge in [-0.2, -0.15) is 13.2 Å². The monoisotopic (exact) mass is 479 g/mol. The number of hydrogen-bond donors (Lipinski definition) is 3. The van der Waals surface area contributed by atoms with Gasteiger partial charge in [-0.05, 0) is 37.1 Å². The summed E-state index contributed by atoms with van der Waals surface area (Å²) >= 11 is 0. The Kier molecular flexibility index (Phi) is 8.05. The van der Waals surface area contributed by atoms with Crippen molar-refractivity contribution in [3.05, 3.63) is 64.8 Å². The Morgan fingerprint density at radius 2 is 1.82 bits per heavy atom. The Balaban J connectivity index is 0.000000406. The topological polar surface area (TPSA) is 120 Å². The van der Waals surface area contributed by atoms with E-state index in [9.17, 15) is 22.8 Å². The summed E-state index contributed by atoms with van der Waals surface area (Å²) in [7, 11) is 0. The van der Waals surface area contributed by atoms with Crippen LogP contribution >= 0.6 is 0 Å². The summed E-state index contributed by atoms with van der Waals surface area (Å²) in [6, 6.07) is 11.6. The zero-order chi connectivity index (χ0) is 24.7. The van der Waals surface area contributed by atoms with Crippen molar-refractivity contribution >= 4 is 22.9 Å². The number of aliphatic carboxylic acids is 1. The number of carboxylic acids is 1. The van der Waals surface area contributed by atoms with Crippen LogP contribution in [-0.4, -0.2) is 68.8 Å². The molecule has 1 aliphatic heterocycles. The lowest BCUT2D eigenvalue weighted by Crippen LogP contribution is -2.41. The molecule has 1 aromatic carbocycles. The van der Waals surface area contributed by atoms with Gasteiger partial charge in [0.1, 0.15) is 0 Å². The molecule has 182 valence electrons. The predicted molar refractivity (Wildman–Crippen MR) is 118 cm³/mol. The van der Waals surface area contributed by atoms with Crippen LogP contribution in [0.5, 0.6) is 0 Å². The minimum absolute atomic E-state index is 0.0293. The Bertz CT molecular complexity index is 1170. The molecule has 1 fully saturated rings. The molecule has 0 radical (unpaired) electrons. The minimum atomic E-state index is -5.08. The highest BCUT2D eigenvalue weighted by atomic mass is 19.4. The van der Waals surface area contributed by atoms with E-state index < -0.39 is 12.1 Å². The molecule has 0 unspecified atom stereocenters. The summed E-state index contributed by atoms with van der Waals surface area (Å²) in [6.45, 7) is 3.24. The Hall–Kier alpha value is -3.67. The van der Waals surface area contributed by atoms with Gasteiger partial charge in [0.25, 0.3) is 5.91 Å². The number of amides is 1. The second-order valence-corrected chi connectivity index (χ2v) is 7.69. The maximum absolute atomic E-state index is 12.3. The van der Waals surface area contributed by atoms with Gasteiger partial charge in [0, 0.05) is 44.6 Å². The SMILES string of the molecule is O=C(NCCN1CCC(n2c(=O)[nH]c3ccccc32)CC1)c1cccnc1.O=C(O)C(F)(F)F. The third-order valence-electron chi connectivity index (χ3n) is 5.43. The van der Waals surface area contributed by atoms with Crippen molar-refractivity contribution in [3.8, 4) is 0 Å². The van der Waals surface area contributed by atoms with Crippen LogP contribution in [-0.2, 0) is 4.79 Å². The molecule has 34 heavy (non-hydrogen) atoms. The number of H-pyrrole nitrogens is 1. The van der Waals surface area contributed by atoms with Gasteiger partial charge < -0.3 is 20.3 Å². The largest absolute Gasteiger partial charge is 0.490 e. The zero-order valence-corrected chi connectivity index (χ0v) is 18.1. The molecule has 0 spiro atoms. The molecule has 3 heterocycles. The summed E-state index contributed by atoms with van der Waals surface area (Å²) in [5.74, 6) is -2.85. The Labute approximate surface area is 192 Å². The van der Waals surface area contributed by atoms with Crippen molar-refractivity contribution in [1.82, 2.24) is 24.8 Å². The van der Waals surface area contributed by atoms with E-state index in [0.29, 0.717) is 12.1 Å². The smallest absolute Gasteiger partial charge is 0.475 e. The maximum Gasteiger partial charge on any atom is 0.490 e. The first kappa shape index (κ1) is 25.0. The second kappa shape index (κ2) is 11.0. The van der Waals surface area contributed by atoms with Crippen molar-refractivity contribution in [2.75, 3.05) is 26.2 Å². The fourth-order valence-electron chi connectivity index (χ4n) is 3.76. The zero-order valence-electron chi connectivity index (χ0n) is 18.1. The molecule has 3 N–H and O–H groups in total. The van der Waals surface area contributed by atoms with E-state index >= 15 is 0 Å². The molecule has 0 saturated carbocycles. The number of likely N-dealkylation sites (tertiary alicyclic amines) is 1. The summed E-state index contributed by atoms with van der Waals surface area (Å²) in [6.07, 6.45) is -0.00364. The number of para-hydroxylation sites is 2. The average Bonchev–Trinajstić information content (AvgIpc) is 3.15. The van der Waals surface area contributed by atoms with Gasteiger partial charge in [-0.25, -0.2) is 9.59 Å². The number of aromatic amines is 1. The number of piperidine rings is 1. The molecule has 1 amide bonds. The molecule has 4 rings (SSSR count). The van der Waals surface area contributed by atoms with Crippen LogP contribution in [0.3, 0.4) is 0 Å². The summed E-state index contributed by atoms with van der Waals surface area (Å²) in [4.78, 5) is 42.5. The lowest BCUT2D eigenvalue weighted by molar-refractivity contribution is -0.192. The van der Waals surface area contributed by atoms with E-state index in [1.54, 1.807) is 24.5 Å². The summed E-state index contributed by atoms with van der Waals surface area (Å²) in [5, 5.41) is 10.1. The van der Waals surface area contributed by atoms with E-state index in [4.69, 9.17) is 9.90 Å². The van der Waals surface area contributed by atoms with Crippen LogP contribution in [0.4, 0.5) is 13.2 Å². The third kappa shape index (κ3) is 6.44. The molecule has 9 nitrogen and oxygen atoms in total. The molecule has 0 bridgehead atoms. The molecule has 1 aliphatic rings. The number of pyridine rings is 1. The van der Waals surface area contributed by atoms with Crippen molar-refractivity contribution in [2.24, 2.45) is 0 Å². The van der Waals surface area contributed by atoms with Gasteiger partial charge in [-0.3, -0.25) is 14.3 Å². The average molecular weight is 479 g/mol. The van der Waals surface area contributed by atoms with Crippen LogP contribution in [0.25, 0.3) is 11.0 Å². The van der Waals surface area contributed by atoms with Gasteiger partial charge >= 0.3 is 17.8 Å². The lowest BCUT2D eigenvalue weighted by Gasteiger charge is -2.32. The van der Waals surface area contributed by atoms with E-state index in [2.05, 4.69) is 20.2 Å². The summed E-state index contributed by atoms with van der Waals surface area (Å²) < 4.78 is 33.6. The molecular formula is C22H24F3N5O4. The van der Waals surface area contributed by atoms with Crippen molar-refractivity contribution in [2.45, 2.75) is 25.1 Å². The molecule has 0 aliphatic carbocycles. The van der Waals surface area contributed by atoms with Crippen LogP contribution in [0.15, 0.2) is 53.6 Å². The number of hydrogen-bond acceptors (Lipinski definition) is 5. The van der Waals surface area contributed by atoms with Crippen molar-refractivity contribution in [3.63, 3.8) is 0 Å². The van der Waals surface area contributed by atoms with Crippen LogP contribution in [0, 0.1) is 0 Å². The standard InChI is InChI=1S/C20H23N5O2.C2HF3O2/c26-19(15-4-3-9-21-14-15)22-10-13-24-11-7-16(8-12-24)25-18-6-2-1-5-17(18)23-20(25)27;3-2(4,5)1(6)7/h1-6,9,14,16H,7-8,10-13H2,(H,22,26)(H,23,27);(H,6,7). The number of alkyl halides is 3. The number of halogens is 3. The first-order valence-electron chi connectivity index (χ1n) is 10.6. The second-order valence-electron chi connectivity index (χ2n) is 7.69. The van der Waals surface area contributed by atoms with Gasteiger partial charge in [-0.15, -0.1) is 0 Å². The maximum atomic E-state index is 12.3. The van der Waals surface area contributed by atoms with Crippen LogP contribution < -0.4 is 11.0 Å². The Morgan fingerprint density at radius 1 is 1.15 bits per heavy atom. The van der Waals surface area contributed by atoms with E-state index in [1.165, 1.54) is 0 Å². The number of carbonyl (C=O) groups is 2. The predicted octanol–water partition coefficient (Wildman–Crippen LogP) is 2.42. The number of fused-ring (bicyclic) bond motifs is 1. The third-order valence-corrected chi connectivity index (χ3v) is 5.43. The molecule has 1 saturated heterocycles. The number of imidazole rings is 1. The molecule has 3 aromatic rings. The minimum Gasteiger partial charge on any atom is -0.475 e. The first-order chi connectivity index (χ1) is 16.2. The van der Waals surface area contributed by atoms with E-state index in [0.717, 1.165) is 43.5 Å². The highest BCUT2D eigenvalue weighted by Gasteiger charge is 2.38. The quantitative estimate of drug-likeness (QED) is 0.517. The fraction of sp³-hybridized carbons (Fsp3) is 0.364. The van der Waals surface area contributed by atoms with E-state index in [-0.39, 0.29) is 17.6 Å². The molecular weight excluding hydrogens is 455 g/mol. The van der Waals surface area contributed by atoms with Crippen LogP contribution in [0.2, 0.25) is 0 Å². The molecule has 12 heteroatoms. The van der Waals surface area contributed by atoms with Crippen LogP contribution in [0.1, 0.15) is 29.2 Å². The van der Waals surface area contributed by atoms with Gasteiger partial charge in [0.05, 0.1) is 16.6 Å². The normalized spacial score (nSPS) is 14.9. The van der Waals surface area contributed by atoms with E-state index in [1.807, 2.05) is 28.8 Å². The molecule has 2 aromatic heterocycles. The van der Waals surface area contributed by atoms with Gasteiger partial charge in [-0.1, -0.05) is 12.1 Å². The number of benzene rings is 1. The number of rotatable bonds is 5. The van der Waals surface area contributed by atoms with Crippen molar-refractivity contribution in [1.29, 1.82) is 0 Å². The van der Waals surface area contributed by atoms with Gasteiger partial charge in [0.2, 0.25) is 0 Å². The van der Waals surface area contributed by atoms with Crippen molar-refractivity contribution < 1.29 is 27.9 Å². The lowest BCUT2D eigenvalue weighted by atomic mass is 10.0. The number of carboxylic acid groups (broad SMARTS) is 1. The number of nitrogens with zero attached hydrogens (tertiary/aromatic N) is 3. The first-order valence-corrected chi connectivity index (χ1v) is 10.6. The fourth-order valence-corrected chi connectivity index (χ4v) is 3.76. The Morgan fingerprint density at radius 3 is 2.44 bits per heavy atom. The highest BCUT2D eigenvalue weighted by Crippen LogP contribution is 2.24. The number of nitrogens with one attached hydrogen (secondary N) is 2. The molecule has 0 atom stereocenters. The number of carbonyl (C=O) groups excluding carboxylic acids is 1. The number of aromatic nitrogens is 3. The summed E-state index contributed by atoms with van der Waals surface area (Å²) in [5.41, 5.74) is 2.42. The van der Waals surface area contributed by atoms with Gasteiger partial charge in [0.15, 0.2) is 0 Å².